The largest absolute Gasteiger partial charge is 0.490 e. The third-order valence-corrected chi connectivity index (χ3v) is 3.10. The van der Waals surface area contributed by atoms with Gasteiger partial charge in [0, 0.05) is 5.88 Å². The van der Waals surface area contributed by atoms with Crippen molar-refractivity contribution in [2.75, 3.05) is 5.88 Å². The van der Waals surface area contributed by atoms with Crippen molar-refractivity contribution in [3.8, 4) is 5.75 Å². The van der Waals surface area contributed by atoms with Crippen molar-refractivity contribution in [1.82, 2.24) is 0 Å². The molecule has 0 amide bonds. The van der Waals surface area contributed by atoms with Crippen LogP contribution in [0.15, 0.2) is 24.3 Å². The van der Waals surface area contributed by atoms with Gasteiger partial charge in [-0.15, -0.1) is 11.6 Å². The van der Waals surface area contributed by atoms with Crippen LogP contribution in [0.25, 0.3) is 0 Å². The molecule has 1 aromatic carbocycles. The van der Waals surface area contributed by atoms with Crippen LogP contribution in [0.3, 0.4) is 0 Å². The molecule has 2 heteroatoms. The predicted molar refractivity (Wildman–Crippen MR) is 63.7 cm³/mol. The fraction of sp³-hybridized carbons (Fsp3) is 0.538. The predicted octanol–water partition coefficient (Wildman–Crippen LogP) is 3.65. The molecule has 15 heavy (non-hydrogen) atoms. The van der Waals surface area contributed by atoms with Crippen molar-refractivity contribution < 1.29 is 4.74 Å². The molecule has 1 nitrogen and oxygen atoms in total. The van der Waals surface area contributed by atoms with Crippen molar-refractivity contribution in [2.45, 2.75) is 32.3 Å². The summed E-state index contributed by atoms with van der Waals surface area (Å²) in [5, 5.41) is 0. The van der Waals surface area contributed by atoms with Gasteiger partial charge in [-0.25, -0.2) is 0 Å². The van der Waals surface area contributed by atoms with E-state index in [-0.39, 0.29) is 0 Å². The van der Waals surface area contributed by atoms with Crippen molar-refractivity contribution in [3.63, 3.8) is 0 Å². The summed E-state index contributed by atoms with van der Waals surface area (Å²) in [6.07, 6.45) is 3.93. The third kappa shape index (κ3) is 3.42. The van der Waals surface area contributed by atoms with Gasteiger partial charge >= 0.3 is 0 Å². The first-order valence-electron chi connectivity index (χ1n) is 5.59. The van der Waals surface area contributed by atoms with Crippen LogP contribution in [0.4, 0.5) is 0 Å². The van der Waals surface area contributed by atoms with Crippen molar-refractivity contribution in [3.05, 3.63) is 29.8 Å². The van der Waals surface area contributed by atoms with E-state index < -0.39 is 0 Å². The Morgan fingerprint density at radius 1 is 1.47 bits per heavy atom. The van der Waals surface area contributed by atoms with E-state index in [0.29, 0.717) is 17.9 Å². The normalized spacial score (nSPS) is 17.5. The van der Waals surface area contributed by atoms with Gasteiger partial charge < -0.3 is 4.74 Å². The Bertz CT molecular complexity index is 320. The number of ether oxygens (including phenoxy) is 1. The lowest BCUT2D eigenvalue weighted by Gasteiger charge is -2.09. The molecule has 1 unspecified atom stereocenters. The fourth-order valence-corrected chi connectivity index (χ4v) is 1.69. The molecule has 0 N–H and O–H groups in total. The summed E-state index contributed by atoms with van der Waals surface area (Å²) < 4.78 is 5.75. The first-order chi connectivity index (χ1) is 7.28. The molecule has 82 valence electrons. The van der Waals surface area contributed by atoms with Crippen molar-refractivity contribution in [2.24, 2.45) is 5.92 Å². The molecular weight excluding hydrogens is 208 g/mol. The highest BCUT2D eigenvalue weighted by Crippen LogP contribution is 2.27. The summed E-state index contributed by atoms with van der Waals surface area (Å²) in [7, 11) is 0. The van der Waals surface area contributed by atoms with Gasteiger partial charge in [0.15, 0.2) is 0 Å². The summed E-state index contributed by atoms with van der Waals surface area (Å²) in [4.78, 5) is 0. The summed E-state index contributed by atoms with van der Waals surface area (Å²) in [6.45, 7) is 2.17. The smallest absolute Gasteiger partial charge is 0.119 e. The maximum absolute atomic E-state index is 5.80. The molecule has 0 spiro atoms. The second-order valence-electron chi connectivity index (χ2n) is 4.43. The van der Waals surface area contributed by atoms with E-state index >= 15 is 0 Å². The van der Waals surface area contributed by atoms with Crippen LogP contribution in [0, 0.1) is 5.92 Å². The maximum atomic E-state index is 5.80. The van der Waals surface area contributed by atoms with Crippen LogP contribution in [0.1, 0.15) is 25.3 Å². The van der Waals surface area contributed by atoms with Crippen LogP contribution >= 0.6 is 11.6 Å². The van der Waals surface area contributed by atoms with E-state index in [2.05, 4.69) is 25.1 Å². The molecule has 1 aliphatic rings. The number of halogens is 1. The Morgan fingerprint density at radius 2 is 2.27 bits per heavy atom. The van der Waals surface area contributed by atoms with E-state index in [0.717, 1.165) is 12.2 Å². The van der Waals surface area contributed by atoms with Gasteiger partial charge in [-0.2, -0.15) is 0 Å². The monoisotopic (exact) mass is 224 g/mol. The van der Waals surface area contributed by atoms with Crippen LogP contribution in [0.2, 0.25) is 0 Å². The van der Waals surface area contributed by atoms with Crippen LogP contribution in [-0.4, -0.2) is 12.0 Å². The maximum Gasteiger partial charge on any atom is 0.119 e. The minimum atomic E-state index is 0.478. The average molecular weight is 225 g/mol. The molecule has 1 aromatic rings. The Labute approximate surface area is 96.4 Å². The SMILES string of the molecule is CC(CCl)Cc1cccc(OC2CC2)c1. The van der Waals surface area contributed by atoms with E-state index in [9.17, 15) is 0 Å². The molecule has 0 aromatic heterocycles. The second kappa shape index (κ2) is 4.89. The summed E-state index contributed by atoms with van der Waals surface area (Å²) in [5.74, 6) is 2.26. The fourth-order valence-electron chi connectivity index (χ4n) is 1.58. The lowest BCUT2D eigenvalue weighted by Crippen LogP contribution is -2.02. The minimum absolute atomic E-state index is 0.478. The lowest BCUT2D eigenvalue weighted by atomic mass is 10.0. The number of hydrogen-bond donors (Lipinski definition) is 0. The zero-order valence-corrected chi connectivity index (χ0v) is 9.83. The minimum Gasteiger partial charge on any atom is -0.490 e. The van der Waals surface area contributed by atoms with Crippen molar-refractivity contribution >= 4 is 11.6 Å². The van der Waals surface area contributed by atoms with Gasteiger partial charge in [-0.05, 0) is 42.9 Å². The van der Waals surface area contributed by atoms with Gasteiger partial charge in [0.1, 0.15) is 5.75 Å². The van der Waals surface area contributed by atoms with Gasteiger partial charge in [-0.1, -0.05) is 19.1 Å². The van der Waals surface area contributed by atoms with Crippen molar-refractivity contribution in [1.29, 1.82) is 0 Å². The van der Waals surface area contributed by atoms with Crippen LogP contribution in [0.5, 0.6) is 5.75 Å². The van der Waals surface area contributed by atoms with E-state index in [1.54, 1.807) is 0 Å². The summed E-state index contributed by atoms with van der Waals surface area (Å²) >= 11 is 5.80. The van der Waals surface area contributed by atoms with Gasteiger partial charge in [-0.3, -0.25) is 0 Å². The molecule has 1 saturated carbocycles. The second-order valence-corrected chi connectivity index (χ2v) is 4.74. The zero-order valence-electron chi connectivity index (χ0n) is 9.08. The molecule has 2 rings (SSSR count). The molecule has 1 aliphatic carbocycles. The first-order valence-corrected chi connectivity index (χ1v) is 6.13. The molecule has 1 atom stereocenters. The number of rotatable bonds is 5. The standard InChI is InChI=1S/C13H17ClO/c1-10(9-14)7-11-3-2-4-13(8-11)15-12-5-6-12/h2-4,8,10,12H,5-7,9H2,1H3. The van der Waals surface area contributed by atoms with E-state index in [4.69, 9.17) is 16.3 Å². The van der Waals surface area contributed by atoms with Gasteiger partial charge in [0.25, 0.3) is 0 Å². The quantitative estimate of drug-likeness (QED) is 0.694. The van der Waals surface area contributed by atoms with E-state index in [1.165, 1.54) is 18.4 Å². The lowest BCUT2D eigenvalue weighted by molar-refractivity contribution is 0.303. The van der Waals surface area contributed by atoms with Gasteiger partial charge in [0.05, 0.1) is 6.10 Å². The number of alkyl halides is 1. The average Bonchev–Trinajstić information content (AvgIpc) is 3.02. The molecule has 0 heterocycles. The Kier molecular flexibility index (Phi) is 3.53. The van der Waals surface area contributed by atoms with Crippen LogP contribution < -0.4 is 4.74 Å². The third-order valence-electron chi connectivity index (χ3n) is 2.57. The molecule has 0 radical (unpaired) electrons. The van der Waals surface area contributed by atoms with Gasteiger partial charge in [0.2, 0.25) is 0 Å². The van der Waals surface area contributed by atoms with E-state index in [1.807, 2.05) is 6.07 Å². The molecule has 0 aliphatic heterocycles. The highest BCUT2D eigenvalue weighted by Gasteiger charge is 2.23. The zero-order chi connectivity index (χ0) is 10.7. The highest BCUT2D eigenvalue weighted by molar-refractivity contribution is 6.18. The molecule has 1 fully saturated rings. The molecular formula is C13H17ClO. The summed E-state index contributed by atoms with van der Waals surface area (Å²) in [5.41, 5.74) is 1.32. The Hall–Kier alpha value is -0.690. The Morgan fingerprint density at radius 3 is 2.93 bits per heavy atom. The first kappa shape index (κ1) is 10.8. The molecule has 0 bridgehead atoms. The number of benzene rings is 1. The highest BCUT2D eigenvalue weighted by atomic mass is 35.5. The topological polar surface area (TPSA) is 9.23 Å². The van der Waals surface area contributed by atoms with Crippen LogP contribution in [-0.2, 0) is 6.42 Å². The number of hydrogen-bond acceptors (Lipinski definition) is 1. The Balaban J connectivity index is 1.97. The summed E-state index contributed by atoms with van der Waals surface area (Å²) in [6, 6.07) is 8.38. The molecule has 0 saturated heterocycles.